The molecule has 1 heterocycles. The van der Waals surface area contributed by atoms with Crippen LogP contribution in [-0.2, 0) is 0 Å². The lowest BCUT2D eigenvalue weighted by Crippen LogP contribution is -2.05. The lowest BCUT2D eigenvalue weighted by molar-refractivity contribution is 0.0689. The highest BCUT2D eigenvalue weighted by atomic mass is 35.5. The number of carbonyl (C=O) groups is 1. The lowest BCUT2D eigenvalue weighted by Gasteiger charge is -2.05. The van der Waals surface area contributed by atoms with E-state index in [4.69, 9.17) is 16.7 Å². The second-order valence-corrected chi connectivity index (χ2v) is 3.01. The summed E-state index contributed by atoms with van der Waals surface area (Å²) in [5.41, 5.74) is -0.847. The Kier molecular flexibility index (Phi) is 3.00. The van der Waals surface area contributed by atoms with Gasteiger partial charge in [0, 0.05) is 0 Å². The third-order valence-corrected chi connectivity index (χ3v) is 2.06. The minimum absolute atomic E-state index is 0.109. The number of rotatable bonds is 2. The molecular formula is C8H6ClF2NO2. The van der Waals surface area contributed by atoms with E-state index in [1.807, 2.05) is 0 Å². The number of carboxylic acid groups (broad SMARTS) is 1. The Morgan fingerprint density at radius 3 is 2.64 bits per heavy atom. The first kappa shape index (κ1) is 10.8. The summed E-state index contributed by atoms with van der Waals surface area (Å²) in [6.45, 7) is 1.45. The number of halogens is 3. The number of alkyl halides is 2. The summed E-state index contributed by atoms with van der Waals surface area (Å²) >= 11 is 5.58. The van der Waals surface area contributed by atoms with E-state index in [-0.39, 0.29) is 10.6 Å². The standard InChI is InChI=1S/C8H6ClF2NO2/c1-3-2-4(7(10)11)12-6(5(3)9)8(13)14/h2,7H,1H3,(H,13,14). The third-order valence-electron chi connectivity index (χ3n) is 1.59. The van der Waals surface area contributed by atoms with Gasteiger partial charge < -0.3 is 5.11 Å². The molecule has 1 N–H and O–H groups in total. The van der Waals surface area contributed by atoms with Crippen LogP contribution in [0.1, 0.15) is 28.2 Å². The van der Waals surface area contributed by atoms with Crippen LogP contribution in [0.2, 0.25) is 5.02 Å². The number of aromatic nitrogens is 1. The zero-order valence-electron chi connectivity index (χ0n) is 7.09. The quantitative estimate of drug-likeness (QED) is 0.835. The molecule has 0 radical (unpaired) electrons. The van der Waals surface area contributed by atoms with Crippen molar-refractivity contribution in [2.45, 2.75) is 13.3 Å². The van der Waals surface area contributed by atoms with Crippen molar-refractivity contribution < 1.29 is 18.7 Å². The number of pyridine rings is 1. The Balaban J connectivity index is 3.35. The fraction of sp³-hybridized carbons (Fsp3) is 0.250. The van der Waals surface area contributed by atoms with Gasteiger partial charge in [-0.15, -0.1) is 0 Å². The Morgan fingerprint density at radius 2 is 2.21 bits per heavy atom. The van der Waals surface area contributed by atoms with Gasteiger partial charge in [0.1, 0.15) is 5.69 Å². The van der Waals surface area contributed by atoms with Crippen LogP contribution < -0.4 is 0 Å². The molecule has 0 aliphatic carbocycles. The number of hydrogen-bond donors (Lipinski definition) is 1. The van der Waals surface area contributed by atoms with Gasteiger partial charge in [-0.2, -0.15) is 0 Å². The SMILES string of the molecule is Cc1cc(C(F)F)nc(C(=O)O)c1Cl. The van der Waals surface area contributed by atoms with Crippen LogP contribution in [0, 0.1) is 6.92 Å². The highest BCUT2D eigenvalue weighted by molar-refractivity contribution is 6.33. The van der Waals surface area contributed by atoms with Crippen molar-refractivity contribution in [3.63, 3.8) is 0 Å². The number of aromatic carboxylic acids is 1. The molecule has 0 saturated carbocycles. The molecule has 0 saturated heterocycles. The van der Waals surface area contributed by atoms with E-state index in [9.17, 15) is 13.6 Å². The van der Waals surface area contributed by atoms with E-state index >= 15 is 0 Å². The number of aryl methyl sites for hydroxylation is 1. The first-order chi connectivity index (χ1) is 6.43. The number of nitrogens with zero attached hydrogens (tertiary/aromatic N) is 1. The van der Waals surface area contributed by atoms with Gasteiger partial charge in [0.25, 0.3) is 6.43 Å². The van der Waals surface area contributed by atoms with Gasteiger partial charge in [-0.1, -0.05) is 11.6 Å². The van der Waals surface area contributed by atoms with Crippen molar-refractivity contribution in [3.8, 4) is 0 Å². The maximum atomic E-state index is 12.2. The molecule has 0 fully saturated rings. The molecule has 1 aromatic heterocycles. The third kappa shape index (κ3) is 1.98. The summed E-state index contributed by atoms with van der Waals surface area (Å²) in [6, 6.07) is 1.07. The monoisotopic (exact) mass is 221 g/mol. The molecule has 0 aliphatic rings. The number of carboxylic acids is 1. The molecular weight excluding hydrogens is 216 g/mol. The van der Waals surface area contributed by atoms with Crippen molar-refractivity contribution in [2.75, 3.05) is 0 Å². The van der Waals surface area contributed by atoms with Crippen LogP contribution in [-0.4, -0.2) is 16.1 Å². The van der Waals surface area contributed by atoms with Gasteiger partial charge in [-0.05, 0) is 18.6 Å². The molecule has 14 heavy (non-hydrogen) atoms. The Morgan fingerprint density at radius 1 is 1.64 bits per heavy atom. The Hall–Kier alpha value is -1.23. The van der Waals surface area contributed by atoms with Crippen LogP contribution in [0.25, 0.3) is 0 Å². The molecule has 0 spiro atoms. The molecule has 0 aromatic carbocycles. The van der Waals surface area contributed by atoms with E-state index in [2.05, 4.69) is 4.98 Å². The molecule has 6 heteroatoms. The van der Waals surface area contributed by atoms with E-state index in [0.717, 1.165) is 6.07 Å². The molecule has 1 rings (SSSR count). The van der Waals surface area contributed by atoms with Gasteiger partial charge >= 0.3 is 5.97 Å². The average molecular weight is 222 g/mol. The average Bonchev–Trinajstić information content (AvgIpc) is 2.08. The van der Waals surface area contributed by atoms with Crippen LogP contribution in [0.15, 0.2) is 6.07 Å². The van der Waals surface area contributed by atoms with Crippen molar-refractivity contribution in [1.29, 1.82) is 0 Å². The highest BCUT2D eigenvalue weighted by Crippen LogP contribution is 2.24. The molecule has 76 valence electrons. The summed E-state index contributed by atoms with van der Waals surface area (Å²) in [5, 5.41) is 8.50. The predicted molar refractivity (Wildman–Crippen MR) is 45.9 cm³/mol. The summed E-state index contributed by atoms with van der Waals surface area (Å²) < 4.78 is 24.4. The van der Waals surface area contributed by atoms with Gasteiger partial charge in [0.15, 0.2) is 5.69 Å². The van der Waals surface area contributed by atoms with E-state index in [1.54, 1.807) is 0 Å². The van der Waals surface area contributed by atoms with Gasteiger partial charge in [-0.25, -0.2) is 18.6 Å². The topological polar surface area (TPSA) is 50.2 Å². The van der Waals surface area contributed by atoms with Crippen LogP contribution in [0.4, 0.5) is 8.78 Å². The molecule has 0 amide bonds. The first-order valence-electron chi connectivity index (χ1n) is 3.62. The van der Waals surface area contributed by atoms with Crippen molar-refractivity contribution in [2.24, 2.45) is 0 Å². The van der Waals surface area contributed by atoms with E-state index < -0.39 is 23.8 Å². The minimum Gasteiger partial charge on any atom is -0.476 e. The smallest absolute Gasteiger partial charge is 0.356 e. The Labute approximate surface area is 83.3 Å². The predicted octanol–water partition coefficient (Wildman–Crippen LogP) is 2.68. The first-order valence-corrected chi connectivity index (χ1v) is 3.99. The molecule has 0 bridgehead atoms. The molecule has 0 unspecified atom stereocenters. The molecule has 1 aromatic rings. The maximum Gasteiger partial charge on any atom is 0.356 e. The minimum atomic E-state index is -2.80. The molecule has 0 atom stereocenters. The second kappa shape index (κ2) is 3.88. The van der Waals surface area contributed by atoms with Crippen LogP contribution in [0.3, 0.4) is 0 Å². The molecule has 3 nitrogen and oxygen atoms in total. The fourth-order valence-corrected chi connectivity index (χ4v) is 1.11. The van der Waals surface area contributed by atoms with Crippen molar-refractivity contribution in [1.82, 2.24) is 4.98 Å². The van der Waals surface area contributed by atoms with Crippen LogP contribution >= 0.6 is 11.6 Å². The zero-order valence-corrected chi connectivity index (χ0v) is 7.85. The fourth-order valence-electron chi connectivity index (χ4n) is 0.936. The van der Waals surface area contributed by atoms with E-state index in [0.29, 0.717) is 0 Å². The number of hydrogen-bond acceptors (Lipinski definition) is 2. The largest absolute Gasteiger partial charge is 0.476 e. The Bertz CT molecular complexity index is 382. The summed E-state index contributed by atoms with van der Waals surface area (Å²) in [4.78, 5) is 13.8. The second-order valence-electron chi connectivity index (χ2n) is 2.63. The summed E-state index contributed by atoms with van der Waals surface area (Å²) in [6.07, 6.45) is -2.80. The highest BCUT2D eigenvalue weighted by Gasteiger charge is 2.18. The van der Waals surface area contributed by atoms with Crippen molar-refractivity contribution in [3.05, 3.63) is 28.0 Å². The van der Waals surface area contributed by atoms with Crippen molar-refractivity contribution >= 4 is 17.6 Å². The normalized spacial score (nSPS) is 10.6. The van der Waals surface area contributed by atoms with Gasteiger partial charge in [0.05, 0.1) is 5.02 Å². The van der Waals surface area contributed by atoms with Gasteiger partial charge in [-0.3, -0.25) is 0 Å². The maximum absolute atomic E-state index is 12.2. The molecule has 0 aliphatic heterocycles. The van der Waals surface area contributed by atoms with Crippen LogP contribution in [0.5, 0.6) is 0 Å². The van der Waals surface area contributed by atoms with E-state index in [1.165, 1.54) is 6.92 Å². The summed E-state index contributed by atoms with van der Waals surface area (Å²) in [7, 11) is 0. The zero-order chi connectivity index (χ0) is 10.9. The lowest BCUT2D eigenvalue weighted by atomic mass is 10.2. The summed E-state index contributed by atoms with van der Waals surface area (Å²) in [5.74, 6) is -1.42. The van der Waals surface area contributed by atoms with Gasteiger partial charge in [0.2, 0.25) is 0 Å².